The molecule has 0 rings (SSSR count). The molecule has 0 bridgehead atoms. The lowest BCUT2D eigenvalue weighted by molar-refractivity contribution is -0.153. The van der Waals surface area contributed by atoms with E-state index >= 15 is 0 Å². The molecule has 100 valence electrons. The molecule has 0 radical (unpaired) electrons. The summed E-state index contributed by atoms with van der Waals surface area (Å²) in [5.41, 5.74) is 0. The average molecular weight is 250 g/mol. The number of hydrogen-bond donors (Lipinski definition) is 5. The van der Waals surface area contributed by atoms with Crippen LogP contribution in [0.15, 0.2) is 0 Å². The normalized spacial score (nSPS) is 18.2. The third-order valence-electron chi connectivity index (χ3n) is 2.28. The van der Waals surface area contributed by atoms with Gasteiger partial charge in [0.25, 0.3) is 0 Å². The predicted octanol–water partition coefficient (Wildman–Crippen LogP) is -2.64. The molecular weight excluding hydrogens is 232 g/mol. The topological polar surface area (TPSA) is 135 Å². The molecule has 4 atom stereocenters. The van der Waals surface area contributed by atoms with Crippen molar-refractivity contribution in [2.45, 2.75) is 44.2 Å². The van der Waals surface area contributed by atoms with Gasteiger partial charge < -0.3 is 25.5 Å². The molecule has 0 saturated carbocycles. The summed E-state index contributed by atoms with van der Waals surface area (Å²) in [6.07, 6.45) is -6.59. The van der Waals surface area contributed by atoms with Crippen molar-refractivity contribution in [2.24, 2.45) is 0 Å². The van der Waals surface area contributed by atoms with Crippen molar-refractivity contribution >= 4 is 11.6 Å². The van der Waals surface area contributed by atoms with Crippen molar-refractivity contribution < 1.29 is 35.1 Å². The summed E-state index contributed by atoms with van der Waals surface area (Å²) < 4.78 is 0. The van der Waals surface area contributed by atoms with Gasteiger partial charge in [-0.2, -0.15) is 0 Å². The van der Waals surface area contributed by atoms with E-state index in [9.17, 15) is 19.8 Å². The zero-order valence-corrected chi connectivity index (χ0v) is 9.48. The van der Waals surface area contributed by atoms with Crippen molar-refractivity contribution in [3.05, 3.63) is 0 Å². The monoisotopic (exact) mass is 250 g/mol. The van der Waals surface area contributed by atoms with Crippen LogP contribution < -0.4 is 0 Å². The first-order valence-corrected chi connectivity index (χ1v) is 5.27. The molecule has 0 spiro atoms. The molecule has 0 aliphatic carbocycles. The van der Waals surface area contributed by atoms with Gasteiger partial charge in [0.15, 0.2) is 0 Å². The molecule has 0 aromatic carbocycles. The second-order valence-corrected chi connectivity index (χ2v) is 3.72. The summed E-state index contributed by atoms with van der Waals surface area (Å²) in [5, 5.41) is 45.2. The highest BCUT2D eigenvalue weighted by molar-refractivity contribution is 6.40. The van der Waals surface area contributed by atoms with Crippen molar-refractivity contribution in [2.75, 3.05) is 6.61 Å². The van der Waals surface area contributed by atoms with Crippen LogP contribution in [0.3, 0.4) is 0 Å². The first kappa shape index (κ1) is 16.1. The molecule has 0 aromatic heterocycles. The Morgan fingerprint density at radius 3 is 1.71 bits per heavy atom. The molecular formula is C10H18O7. The van der Waals surface area contributed by atoms with E-state index in [0.29, 0.717) is 6.42 Å². The second kappa shape index (κ2) is 7.46. The van der Waals surface area contributed by atoms with Crippen LogP contribution in [0, 0.1) is 0 Å². The van der Waals surface area contributed by atoms with E-state index in [1.807, 2.05) is 0 Å². The summed E-state index contributed by atoms with van der Waals surface area (Å²) in [5.74, 6) is -2.82. The number of Topliss-reactive ketones (excluding diaryl/α,β-unsaturated/α-hetero) is 2. The van der Waals surface area contributed by atoms with Crippen LogP contribution >= 0.6 is 0 Å². The third-order valence-corrected chi connectivity index (χ3v) is 2.28. The Morgan fingerprint density at radius 2 is 1.35 bits per heavy atom. The number of rotatable bonds is 8. The molecule has 0 amide bonds. The fourth-order valence-corrected chi connectivity index (χ4v) is 1.19. The van der Waals surface area contributed by atoms with Gasteiger partial charge in [0.1, 0.15) is 18.3 Å². The van der Waals surface area contributed by atoms with Gasteiger partial charge >= 0.3 is 0 Å². The van der Waals surface area contributed by atoms with Gasteiger partial charge in [0.05, 0.1) is 12.7 Å². The van der Waals surface area contributed by atoms with E-state index in [-0.39, 0.29) is 6.42 Å². The van der Waals surface area contributed by atoms with Gasteiger partial charge in [-0.15, -0.1) is 0 Å². The Balaban J connectivity index is 4.54. The largest absolute Gasteiger partial charge is 0.394 e. The van der Waals surface area contributed by atoms with E-state index in [2.05, 4.69) is 0 Å². The Morgan fingerprint density at radius 1 is 0.941 bits per heavy atom. The highest BCUT2D eigenvalue weighted by Gasteiger charge is 2.35. The number of aliphatic hydroxyl groups excluding tert-OH is 5. The highest BCUT2D eigenvalue weighted by atomic mass is 16.4. The van der Waals surface area contributed by atoms with Crippen molar-refractivity contribution in [3.63, 3.8) is 0 Å². The Labute approximate surface area is 98.3 Å². The van der Waals surface area contributed by atoms with Crippen LogP contribution in [0.5, 0.6) is 0 Å². The summed E-state index contributed by atoms with van der Waals surface area (Å²) in [6, 6.07) is 0. The molecule has 0 saturated heterocycles. The smallest absolute Gasteiger partial charge is 0.232 e. The molecule has 0 aliphatic rings. The van der Waals surface area contributed by atoms with Crippen molar-refractivity contribution in [1.82, 2.24) is 0 Å². The molecule has 7 heteroatoms. The quantitative estimate of drug-likeness (QED) is 0.297. The zero-order valence-electron chi connectivity index (χ0n) is 9.48. The van der Waals surface area contributed by atoms with E-state index in [0.717, 1.165) is 0 Å². The zero-order chi connectivity index (χ0) is 13.6. The van der Waals surface area contributed by atoms with Gasteiger partial charge in [-0.25, -0.2) is 0 Å². The average Bonchev–Trinajstić information content (AvgIpc) is 2.34. The lowest BCUT2D eigenvalue weighted by Gasteiger charge is -2.18. The van der Waals surface area contributed by atoms with E-state index in [1.165, 1.54) is 0 Å². The third kappa shape index (κ3) is 4.49. The lowest BCUT2D eigenvalue weighted by Crippen LogP contribution is -2.47. The second-order valence-electron chi connectivity index (χ2n) is 3.72. The van der Waals surface area contributed by atoms with E-state index in [4.69, 9.17) is 15.3 Å². The molecule has 2 unspecified atom stereocenters. The first-order chi connectivity index (χ1) is 7.86. The summed E-state index contributed by atoms with van der Waals surface area (Å²) >= 11 is 0. The summed E-state index contributed by atoms with van der Waals surface area (Å²) in [4.78, 5) is 22.6. The first-order valence-electron chi connectivity index (χ1n) is 5.27. The van der Waals surface area contributed by atoms with Gasteiger partial charge in [-0.1, -0.05) is 13.3 Å². The van der Waals surface area contributed by atoms with Crippen LogP contribution in [-0.4, -0.2) is 68.1 Å². The predicted molar refractivity (Wildman–Crippen MR) is 56.0 cm³/mol. The molecule has 0 heterocycles. The van der Waals surface area contributed by atoms with Crippen molar-refractivity contribution in [3.8, 4) is 0 Å². The molecule has 0 fully saturated rings. The number of hydrogen-bond acceptors (Lipinski definition) is 7. The maximum Gasteiger partial charge on any atom is 0.232 e. The summed E-state index contributed by atoms with van der Waals surface area (Å²) in [7, 11) is 0. The Hall–Kier alpha value is -0.860. The SMILES string of the molecule is CCCC(O)C(O)C(=O)C(=O)[C@H](O)[C@H](O)CO. The van der Waals surface area contributed by atoms with Gasteiger partial charge in [0.2, 0.25) is 11.6 Å². The molecule has 0 aromatic rings. The summed E-state index contributed by atoms with van der Waals surface area (Å²) in [6.45, 7) is 0.820. The standard InChI is InChI=1S/C10H18O7/c1-2-3-5(12)7(14)9(16)10(17)8(15)6(13)4-11/h5-8,11-15H,2-4H2,1H3/t5?,6-,7?,8-/m1/s1. The fraction of sp³-hybridized carbons (Fsp3) is 0.800. The van der Waals surface area contributed by atoms with Gasteiger partial charge in [-0.3, -0.25) is 9.59 Å². The molecule has 7 nitrogen and oxygen atoms in total. The minimum absolute atomic E-state index is 0.124. The van der Waals surface area contributed by atoms with Gasteiger partial charge in [0, 0.05) is 0 Å². The lowest BCUT2D eigenvalue weighted by atomic mass is 9.98. The maximum atomic E-state index is 11.3. The van der Waals surface area contributed by atoms with E-state index in [1.54, 1.807) is 6.92 Å². The number of ketones is 2. The van der Waals surface area contributed by atoms with Crippen molar-refractivity contribution in [1.29, 1.82) is 0 Å². The van der Waals surface area contributed by atoms with Crippen LogP contribution in [0.1, 0.15) is 19.8 Å². The maximum absolute atomic E-state index is 11.3. The van der Waals surface area contributed by atoms with E-state index < -0.39 is 42.6 Å². The molecule has 17 heavy (non-hydrogen) atoms. The highest BCUT2D eigenvalue weighted by Crippen LogP contribution is 2.06. The molecule has 0 aliphatic heterocycles. The number of aliphatic hydroxyl groups is 5. The van der Waals surface area contributed by atoms with Gasteiger partial charge in [-0.05, 0) is 6.42 Å². The fourth-order valence-electron chi connectivity index (χ4n) is 1.19. The number of carbonyl (C=O) groups is 2. The Kier molecular flexibility index (Phi) is 7.09. The van der Waals surface area contributed by atoms with Crippen LogP contribution in [0.25, 0.3) is 0 Å². The minimum atomic E-state index is -2.10. The molecule has 5 N–H and O–H groups in total. The van der Waals surface area contributed by atoms with Crippen LogP contribution in [-0.2, 0) is 9.59 Å². The minimum Gasteiger partial charge on any atom is -0.394 e. The number of carbonyl (C=O) groups excluding carboxylic acids is 2. The van der Waals surface area contributed by atoms with Crippen LogP contribution in [0.2, 0.25) is 0 Å². The Bertz CT molecular complexity index is 265. The van der Waals surface area contributed by atoms with Crippen LogP contribution in [0.4, 0.5) is 0 Å².